The number of para-hydroxylation sites is 2. The van der Waals surface area contributed by atoms with Gasteiger partial charge in [-0.1, -0.05) is 23.9 Å². The zero-order chi connectivity index (χ0) is 21.5. The molecule has 1 unspecified atom stereocenters. The van der Waals surface area contributed by atoms with Gasteiger partial charge in [-0.15, -0.1) is 10.2 Å². The number of rotatable bonds is 9. The zero-order valence-electron chi connectivity index (χ0n) is 17.3. The van der Waals surface area contributed by atoms with E-state index in [0.717, 1.165) is 5.75 Å². The number of methoxy groups -OCH3 is 2. The van der Waals surface area contributed by atoms with Crippen molar-refractivity contribution in [3.8, 4) is 17.2 Å². The normalized spacial score (nSPS) is 11.6. The van der Waals surface area contributed by atoms with Crippen molar-refractivity contribution in [3.63, 3.8) is 0 Å². The summed E-state index contributed by atoms with van der Waals surface area (Å²) in [6.45, 7) is 1.90. The molecule has 8 nitrogen and oxygen atoms in total. The topological polar surface area (TPSA) is 87.5 Å². The van der Waals surface area contributed by atoms with Crippen LogP contribution in [0.25, 0.3) is 0 Å². The number of carbonyl (C=O) groups is 1. The minimum Gasteiger partial charge on any atom is -0.497 e. The third-order valence-electron chi connectivity index (χ3n) is 4.32. The highest BCUT2D eigenvalue weighted by atomic mass is 32.2. The van der Waals surface area contributed by atoms with Crippen LogP contribution in [0.1, 0.15) is 18.9 Å². The quantitative estimate of drug-likeness (QED) is 0.520. The Kier molecular flexibility index (Phi) is 7.18. The number of nitrogens with one attached hydrogen (secondary N) is 1. The van der Waals surface area contributed by atoms with Crippen molar-refractivity contribution in [2.75, 3.05) is 25.3 Å². The Morgan fingerprint density at radius 1 is 1.07 bits per heavy atom. The van der Waals surface area contributed by atoms with Gasteiger partial charge in [0.2, 0.25) is 5.91 Å². The lowest BCUT2D eigenvalue weighted by Crippen LogP contribution is -2.15. The number of amides is 1. The Bertz CT molecular complexity index is 991. The number of thioether (sulfide) groups is 1. The molecule has 0 aliphatic rings. The molecule has 0 spiro atoms. The van der Waals surface area contributed by atoms with E-state index in [2.05, 4.69) is 15.5 Å². The van der Waals surface area contributed by atoms with Gasteiger partial charge in [-0.25, -0.2) is 0 Å². The van der Waals surface area contributed by atoms with Gasteiger partial charge < -0.3 is 24.1 Å². The van der Waals surface area contributed by atoms with E-state index in [4.69, 9.17) is 14.2 Å². The Morgan fingerprint density at radius 3 is 2.47 bits per heavy atom. The highest BCUT2D eigenvalue weighted by Crippen LogP contribution is 2.26. The lowest BCUT2D eigenvalue weighted by molar-refractivity contribution is -0.113. The van der Waals surface area contributed by atoms with Gasteiger partial charge in [0.1, 0.15) is 17.2 Å². The van der Waals surface area contributed by atoms with Crippen LogP contribution in [0.4, 0.5) is 5.69 Å². The average molecular weight is 429 g/mol. The maximum atomic E-state index is 12.3. The Labute approximate surface area is 179 Å². The third kappa shape index (κ3) is 5.24. The van der Waals surface area contributed by atoms with Crippen molar-refractivity contribution in [1.29, 1.82) is 0 Å². The summed E-state index contributed by atoms with van der Waals surface area (Å²) in [7, 11) is 5.04. The van der Waals surface area contributed by atoms with E-state index < -0.39 is 0 Å². The lowest BCUT2D eigenvalue weighted by atomic mass is 10.3. The van der Waals surface area contributed by atoms with Gasteiger partial charge in [-0.05, 0) is 43.3 Å². The van der Waals surface area contributed by atoms with Crippen LogP contribution in [-0.4, -0.2) is 40.6 Å². The summed E-state index contributed by atoms with van der Waals surface area (Å²) >= 11 is 1.30. The first kappa shape index (κ1) is 21.5. The Balaban J connectivity index is 1.58. The molecule has 1 aromatic heterocycles. The number of nitrogens with zero attached hydrogens (tertiary/aromatic N) is 3. The first-order valence-corrected chi connectivity index (χ1v) is 10.3. The summed E-state index contributed by atoms with van der Waals surface area (Å²) in [4.78, 5) is 12.3. The number of benzene rings is 2. The van der Waals surface area contributed by atoms with Crippen LogP contribution in [0.15, 0.2) is 53.7 Å². The molecule has 0 aliphatic carbocycles. The summed E-state index contributed by atoms with van der Waals surface area (Å²) in [6, 6.07) is 14.6. The summed E-state index contributed by atoms with van der Waals surface area (Å²) in [5.74, 6) is 2.78. The van der Waals surface area contributed by atoms with Crippen molar-refractivity contribution >= 4 is 23.4 Å². The highest BCUT2D eigenvalue weighted by molar-refractivity contribution is 7.99. The molecule has 1 amide bonds. The third-order valence-corrected chi connectivity index (χ3v) is 5.34. The lowest BCUT2D eigenvalue weighted by Gasteiger charge is -2.14. The van der Waals surface area contributed by atoms with Crippen LogP contribution in [-0.2, 0) is 11.8 Å². The van der Waals surface area contributed by atoms with E-state index in [1.54, 1.807) is 26.4 Å². The van der Waals surface area contributed by atoms with E-state index in [-0.39, 0.29) is 17.8 Å². The molecule has 2 aromatic carbocycles. The maximum absolute atomic E-state index is 12.3. The Morgan fingerprint density at radius 2 is 1.77 bits per heavy atom. The second-order valence-corrected chi connectivity index (χ2v) is 7.32. The Hall–Kier alpha value is -3.20. The minimum atomic E-state index is -0.312. The molecule has 0 saturated heterocycles. The molecule has 1 N–H and O–H groups in total. The van der Waals surface area contributed by atoms with E-state index in [9.17, 15) is 4.79 Å². The van der Waals surface area contributed by atoms with Crippen molar-refractivity contribution in [3.05, 3.63) is 54.4 Å². The van der Waals surface area contributed by atoms with Crippen LogP contribution < -0.4 is 19.5 Å². The fourth-order valence-corrected chi connectivity index (χ4v) is 3.50. The summed E-state index contributed by atoms with van der Waals surface area (Å²) < 4.78 is 18.2. The highest BCUT2D eigenvalue weighted by Gasteiger charge is 2.18. The molecule has 0 bridgehead atoms. The monoisotopic (exact) mass is 428 g/mol. The number of carbonyl (C=O) groups excluding carboxylic acids is 1. The van der Waals surface area contributed by atoms with Gasteiger partial charge in [-0.3, -0.25) is 4.79 Å². The standard InChI is InChI=1S/C21H24N4O4S/c1-14(29-16-11-9-15(27-3)10-12-16)20-23-24-21(25(20)2)30-13-19(26)22-17-7-5-6-8-18(17)28-4/h5-12,14H,13H2,1-4H3,(H,22,26). The molecule has 0 fully saturated rings. The van der Waals surface area contributed by atoms with Crippen molar-refractivity contribution in [2.45, 2.75) is 18.2 Å². The zero-order valence-corrected chi connectivity index (χ0v) is 18.1. The van der Waals surface area contributed by atoms with Gasteiger partial charge >= 0.3 is 0 Å². The molecule has 1 heterocycles. The summed E-state index contributed by atoms with van der Waals surface area (Å²) in [6.07, 6.45) is -0.312. The van der Waals surface area contributed by atoms with Crippen molar-refractivity contribution < 1.29 is 19.0 Å². The van der Waals surface area contributed by atoms with Crippen LogP contribution in [0.3, 0.4) is 0 Å². The number of ether oxygens (including phenoxy) is 3. The molecule has 0 radical (unpaired) electrons. The minimum absolute atomic E-state index is 0.156. The summed E-state index contributed by atoms with van der Waals surface area (Å²) in [5, 5.41) is 11.9. The van der Waals surface area contributed by atoms with Gasteiger partial charge in [0.15, 0.2) is 17.1 Å². The molecular weight excluding hydrogens is 404 g/mol. The van der Waals surface area contributed by atoms with Gasteiger partial charge in [0.25, 0.3) is 0 Å². The molecule has 158 valence electrons. The van der Waals surface area contributed by atoms with Crippen LogP contribution in [0.5, 0.6) is 17.2 Å². The van der Waals surface area contributed by atoms with Crippen molar-refractivity contribution in [1.82, 2.24) is 14.8 Å². The molecule has 9 heteroatoms. The number of aromatic nitrogens is 3. The molecule has 0 saturated carbocycles. The fraction of sp³-hybridized carbons (Fsp3) is 0.286. The van der Waals surface area contributed by atoms with Crippen LogP contribution >= 0.6 is 11.8 Å². The van der Waals surface area contributed by atoms with Gasteiger partial charge in [0.05, 0.1) is 25.7 Å². The SMILES string of the molecule is COc1ccc(OC(C)c2nnc(SCC(=O)Nc3ccccc3OC)n2C)cc1. The first-order valence-electron chi connectivity index (χ1n) is 9.27. The van der Waals surface area contributed by atoms with Crippen LogP contribution in [0, 0.1) is 0 Å². The predicted octanol–water partition coefficient (Wildman–Crippen LogP) is 3.70. The second kappa shape index (κ2) is 10.0. The maximum Gasteiger partial charge on any atom is 0.234 e. The molecule has 3 rings (SSSR count). The van der Waals surface area contributed by atoms with Crippen LogP contribution in [0.2, 0.25) is 0 Å². The van der Waals surface area contributed by atoms with Gasteiger partial charge in [0, 0.05) is 7.05 Å². The summed E-state index contributed by atoms with van der Waals surface area (Å²) in [5.41, 5.74) is 0.630. The smallest absolute Gasteiger partial charge is 0.234 e. The molecule has 1 atom stereocenters. The average Bonchev–Trinajstić information content (AvgIpc) is 3.13. The fourth-order valence-electron chi connectivity index (χ4n) is 2.78. The molecule has 0 aliphatic heterocycles. The first-order chi connectivity index (χ1) is 14.5. The number of hydrogen-bond acceptors (Lipinski definition) is 7. The predicted molar refractivity (Wildman–Crippen MR) is 115 cm³/mol. The van der Waals surface area contributed by atoms with Gasteiger partial charge in [-0.2, -0.15) is 0 Å². The number of hydrogen-bond donors (Lipinski definition) is 1. The largest absolute Gasteiger partial charge is 0.497 e. The molecule has 30 heavy (non-hydrogen) atoms. The van der Waals surface area contributed by atoms with E-state index in [0.29, 0.717) is 28.2 Å². The van der Waals surface area contributed by atoms with E-state index in [1.807, 2.05) is 54.9 Å². The number of anilines is 1. The molecular formula is C21H24N4O4S. The van der Waals surface area contributed by atoms with Crippen molar-refractivity contribution in [2.24, 2.45) is 7.05 Å². The van der Waals surface area contributed by atoms with E-state index in [1.165, 1.54) is 11.8 Å². The second-order valence-electron chi connectivity index (χ2n) is 6.37. The molecule has 3 aromatic rings. The van der Waals surface area contributed by atoms with E-state index >= 15 is 0 Å².